The van der Waals surface area contributed by atoms with E-state index in [2.05, 4.69) is 5.32 Å². The van der Waals surface area contributed by atoms with Crippen LogP contribution in [0.15, 0.2) is 18.2 Å². The summed E-state index contributed by atoms with van der Waals surface area (Å²) in [6, 6.07) is 2.55. The lowest BCUT2D eigenvalue weighted by Gasteiger charge is -2.15. The molecule has 0 spiro atoms. The second-order valence-electron chi connectivity index (χ2n) is 4.26. The van der Waals surface area contributed by atoms with Gasteiger partial charge in [-0.1, -0.05) is 26.7 Å². The fraction of sp³-hybridized carbons (Fsp3) is 0.538. The molecule has 0 aliphatic carbocycles. The minimum Gasteiger partial charge on any atom is -0.382 e. The van der Waals surface area contributed by atoms with Crippen LogP contribution >= 0.6 is 0 Å². The highest BCUT2D eigenvalue weighted by Crippen LogP contribution is 2.31. The molecule has 0 saturated heterocycles. The summed E-state index contributed by atoms with van der Waals surface area (Å²) in [4.78, 5) is 0. The lowest BCUT2D eigenvalue weighted by atomic mass is 10.0. The molecule has 0 amide bonds. The number of halogens is 4. The molecule has 0 heterocycles. The summed E-state index contributed by atoms with van der Waals surface area (Å²) in [5, 5.41) is 2.85. The molecule has 0 fully saturated rings. The first-order chi connectivity index (χ1) is 8.38. The summed E-state index contributed by atoms with van der Waals surface area (Å²) in [5.41, 5.74) is -0.844. The van der Waals surface area contributed by atoms with Crippen molar-refractivity contribution in [1.82, 2.24) is 0 Å². The van der Waals surface area contributed by atoms with E-state index in [1.807, 2.05) is 13.8 Å². The van der Waals surface area contributed by atoms with Crippen LogP contribution in [0.3, 0.4) is 0 Å². The Bertz CT molecular complexity index is 383. The highest BCUT2D eigenvalue weighted by Gasteiger charge is 2.31. The monoisotopic (exact) mass is 263 g/mol. The molecule has 1 N–H and O–H groups in total. The molecular formula is C13H17F4N. The Hall–Kier alpha value is -1.26. The number of alkyl halides is 3. The molecule has 18 heavy (non-hydrogen) atoms. The summed E-state index contributed by atoms with van der Waals surface area (Å²) in [6.45, 7) is 4.62. The van der Waals surface area contributed by atoms with Crippen molar-refractivity contribution in [1.29, 1.82) is 0 Å². The number of benzene rings is 1. The smallest absolute Gasteiger partial charge is 0.382 e. The zero-order valence-electron chi connectivity index (χ0n) is 10.4. The summed E-state index contributed by atoms with van der Waals surface area (Å²) >= 11 is 0. The normalized spacial score (nSPS) is 11.9. The number of rotatable bonds is 5. The molecular weight excluding hydrogens is 246 g/mol. The maximum absolute atomic E-state index is 13.5. The summed E-state index contributed by atoms with van der Waals surface area (Å²) < 4.78 is 50.5. The van der Waals surface area contributed by atoms with Crippen molar-refractivity contribution in [3.63, 3.8) is 0 Å². The second kappa shape index (κ2) is 6.07. The minimum atomic E-state index is -4.51. The first-order valence-corrected chi connectivity index (χ1v) is 5.99. The van der Waals surface area contributed by atoms with E-state index >= 15 is 0 Å². The van der Waals surface area contributed by atoms with E-state index in [9.17, 15) is 17.6 Å². The third-order valence-corrected chi connectivity index (χ3v) is 3.03. The molecule has 0 saturated carbocycles. The van der Waals surface area contributed by atoms with Gasteiger partial charge in [0.15, 0.2) is 0 Å². The molecule has 1 aromatic rings. The molecule has 102 valence electrons. The van der Waals surface area contributed by atoms with Gasteiger partial charge in [0, 0.05) is 6.54 Å². The van der Waals surface area contributed by atoms with Gasteiger partial charge in [-0.25, -0.2) is 4.39 Å². The topological polar surface area (TPSA) is 12.0 Å². The lowest BCUT2D eigenvalue weighted by Crippen LogP contribution is -2.14. The molecule has 5 heteroatoms. The Labute approximate surface area is 104 Å². The van der Waals surface area contributed by atoms with Crippen molar-refractivity contribution in [2.24, 2.45) is 5.92 Å². The van der Waals surface area contributed by atoms with Crippen LogP contribution in [-0.2, 0) is 6.18 Å². The van der Waals surface area contributed by atoms with Crippen molar-refractivity contribution in [3.8, 4) is 0 Å². The fourth-order valence-electron chi connectivity index (χ4n) is 1.67. The van der Waals surface area contributed by atoms with E-state index in [0.717, 1.165) is 25.0 Å². The standard InChI is InChI=1S/C13H17F4N/c1-3-9(4-2)8-18-12-6-5-10(7-11(12)14)13(15,16)17/h5-7,9,18H,3-4,8H2,1-2H3. The van der Waals surface area contributed by atoms with Crippen LogP contribution in [0.4, 0.5) is 23.2 Å². The molecule has 0 aromatic heterocycles. The van der Waals surface area contributed by atoms with E-state index in [0.29, 0.717) is 18.5 Å². The summed E-state index contributed by atoms with van der Waals surface area (Å²) in [5.74, 6) is -0.470. The van der Waals surface area contributed by atoms with Crippen LogP contribution in [-0.4, -0.2) is 6.54 Å². The Morgan fingerprint density at radius 2 is 1.78 bits per heavy atom. The van der Waals surface area contributed by atoms with E-state index in [1.165, 1.54) is 0 Å². The van der Waals surface area contributed by atoms with Crippen LogP contribution < -0.4 is 5.32 Å². The number of hydrogen-bond acceptors (Lipinski definition) is 1. The molecule has 0 radical (unpaired) electrons. The quantitative estimate of drug-likeness (QED) is 0.760. The maximum atomic E-state index is 13.5. The van der Waals surface area contributed by atoms with Gasteiger partial charge in [0.2, 0.25) is 0 Å². The lowest BCUT2D eigenvalue weighted by molar-refractivity contribution is -0.137. The van der Waals surface area contributed by atoms with Gasteiger partial charge in [-0.05, 0) is 24.1 Å². The average Bonchev–Trinajstić information content (AvgIpc) is 2.30. The molecule has 1 aromatic carbocycles. The first kappa shape index (κ1) is 14.8. The highest BCUT2D eigenvalue weighted by molar-refractivity contribution is 5.46. The Balaban J connectivity index is 2.74. The van der Waals surface area contributed by atoms with Crippen molar-refractivity contribution in [2.45, 2.75) is 32.9 Å². The third-order valence-electron chi connectivity index (χ3n) is 3.03. The van der Waals surface area contributed by atoms with Crippen LogP contribution in [0.1, 0.15) is 32.3 Å². The van der Waals surface area contributed by atoms with Gasteiger partial charge in [-0.3, -0.25) is 0 Å². The van der Waals surface area contributed by atoms with Gasteiger partial charge in [-0.2, -0.15) is 13.2 Å². The fourth-order valence-corrected chi connectivity index (χ4v) is 1.67. The second-order valence-corrected chi connectivity index (χ2v) is 4.26. The van der Waals surface area contributed by atoms with Gasteiger partial charge in [-0.15, -0.1) is 0 Å². The number of anilines is 1. The first-order valence-electron chi connectivity index (χ1n) is 5.99. The molecule has 1 rings (SSSR count). The van der Waals surface area contributed by atoms with Crippen LogP contribution in [0.5, 0.6) is 0 Å². The number of nitrogens with one attached hydrogen (secondary N) is 1. The van der Waals surface area contributed by atoms with Gasteiger partial charge in [0.25, 0.3) is 0 Å². The SMILES string of the molecule is CCC(CC)CNc1ccc(C(F)(F)F)cc1F. The molecule has 0 atom stereocenters. The Kier molecular flexibility index (Phi) is 4.99. The van der Waals surface area contributed by atoms with Gasteiger partial charge in [0.05, 0.1) is 11.3 Å². The average molecular weight is 263 g/mol. The molecule has 0 aliphatic rings. The zero-order chi connectivity index (χ0) is 13.8. The predicted molar refractivity (Wildman–Crippen MR) is 64.0 cm³/mol. The number of hydrogen-bond donors (Lipinski definition) is 1. The van der Waals surface area contributed by atoms with E-state index in [-0.39, 0.29) is 5.69 Å². The van der Waals surface area contributed by atoms with Crippen LogP contribution in [0.25, 0.3) is 0 Å². The van der Waals surface area contributed by atoms with E-state index < -0.39 is 17.6 Å². The van der Waals surface area contributed by atoms with E-state index in [1.54, 1.807) is 0 Å². The van der Waals surface area contributed by atoms with Crippen LogP contribution in [0.2, 0.25) is 0 Å². The van der Waals surface area contributed by atoms with Crippen molar-refractivity contribution in [3.05, 3.63) is 29.6 Å². The van der Waals surface area contributed by atoms with E-state index in [4.69, 9.17) is 0 Å². The third kappa shape index (κ3) is 3.89. The highest BCUT2D eigenvalue weighted by atomic mass is 19.4. The predicted octanol–water partition coefficient (Wildman–Crippen LogP) is 4.69. The molecule has 0 bridgehead atoms. The van der Waals surface area contributed by atoms with Crippen LogP contribution in [0, 0.1) is 11.7 Å². The van der Waals surface area contributed by atoms with Gasteiger partial charge >= 0.3 is 6.18 Å². The molecule has 1 nitrogen and oxygen atoms in total. The minimum absolute atomic E-state index is 0.120. The summed E-state index contributed by atoms with van der Waals surface area (Å²) in [6.07, 6.45) is -2.60. The van der Waals surface area contributed by atoms with Crippen molar-refractivity contribution in [2.75, 3.05) is 11.9 Å². The largest absolute Gasteiger partial charge is 0.416 e. The van der Waals surface area contributed by atoms with Crippen molar-refractivity contribution < 1.29 is 17.6 Å². The molecule has 0 unspecified atom stereocenters. The zero-order valence-corrected chi connectivity index (χ0v) is 10.4. The Morgan fingerprint density at radius 3 is 2.22 bits per heavy atom. The maximum Gasteiger partial charge on any atom is 0.416 e. The van der Waals surface area contributed by atoms with Gasteiger partial charge in [0.1, 0.15) is 5.82 Å². The van der Waals surface area contributed by atoms with Crippen molar-refractivity contribution >= 4 is 5.69 Å². The summed E-state index contributed by atoms with van der Waals surface area (Å²) in [7, 11) is 0. The molecule has 0 aliphatic heterocycles. The Morgan fingerprint density at radius 1 is 1.17 bits per heavy atom. The van der Waals surface area contributed by atoms with Gasteiger partial charge < -0.3 is 5.32 Å².